The highest BCUT2D eigenvalue weighted by atomic mass is 19.4. The molecule has 180 valence electrons. The number of nitrogens with zero attached hydrogens (tertiary/aromatic N) is 3. The summed E-state index contributed by atoms with van der Waals surface area (Å²) in [6.07, 6.45) is -4.21. The van der Waals surface area contributed by atoms with Crippen LogP contribution in [0.4, 0.5) is 18.0 Å². The molecule has 1 unspecified atom stereocenters. The van der Waals surface area contributed by atoms with Gasteiger partial charge < -0.3 is 14.4 Å². The molecule has 1 saturated heterocycles. The molecule has 2 aromatic rings. The van der Waals surface area contributed by atoms with E-state index in [1.165, 1.54) is 12.0 Å². The summed E-state index contributed by atoms with van der Waals surface area (Å²) in [5, 5.41) is 4.27. The van der Waals surface area contributed by atoms with Crippen LogP contribution in [0.3, 0.4) is 0 Å². The standard InChI is InChI=1S/C23H28F3N3O4/c1-22(2,3)33-21(31)28-11-5-6-16(14-28)19-12-18(23(24,25)26)20(30)29(27-19)13-15-7-9-17(32-4)10-8-15/h7-10,12,16H,5-6,11,13-14H2,1-4H3. The summed E-state index contributed by atoms with van der Waals surface area (Å²) in [7, 11) is 1.50. The molecule has 3 rings (SSSR count). The summed E-state index contributed by atoms with van der Waals surface area (Å²) in [5.41, 5.74) is -2.42. The van der Waals surface area contributed by atoms with Gasteiger partial charge in [-0.05, 0) is 57.4 Å². The lowest BCUT2D eigenvalue weighted by Crippen LogP contribution is -2.43. The number of ether oxygens (including phenoxy) is 2. The largest absolute Gasteiger partial charge is 0.497 e. The first-order valence-electron chi connectivity index (χ1n) is 10.7. The van der Waals surface area contributed by atoms with Crippen LogP contribution >= 0.6 is 0 Å². The smallest absolute Gasteiger partial charge is 0.421 e. The molecule has 1 atom stereocenters. The van der Waals surface area contributed by atoms with Crippen LogP contribution in [0, 0.1) is 0 Å². The van der Waals surface area contributed by atoms with Crippen molar-refractivity contribution in [3.05, 3.63) is 57.5 Å². The summed E-state index contributed by atoms with van der Waals surface area (Å²) >= 11 is 0. The molecule has 1 aliphatic heterocycles. The van der Waals surface area contributed by atoms with Crippen LogP contribution in [0.5, 0.6) is 5.75 Å². The number of methoxy groups -OCH3 is 1. The maximum absolute atomic E-state index is 13.7. The molecular weight excluding hydrogens is 439 g/mol. The SMILES string of the molecule is COc1ccc(Cn2nc(C3CCCN(C(=O)OC(C)(C)C)C3)cc(C(F)(F)F)c2=O)cc1. The van der Waals surface area contributed by atoms with Crippen molar-refractivity contribution in [3.63, 3.8) is 0 Å². The van der Waals surface area contributed by atoms with E-state index in [9.17, 15) is 22.8 Å². The number of alkyl halides is 3. The van der Waals surface area contributed by atoms with Crippen molar-refractivity contribution in [1.29, 1.82) is 0 Å². The number of piperidine rings is 1. The third kappa shape index (κ3) is 6.27. The Hall–Kier alpha value is -3.04. The molecule has 0 bridgehead atoms. The van der Waals surface area contributed by atoms with E-state index in [2.05, 4.69) is 5.10 Å². The van der Waals surface area contributed by atoms with Gasteiger partial charge in [-0.3, -0.25) is 4.79 Å². The van der Waals surface area contributed by atoms with E-state index in [0.717, 1.165) is 10.7 Å². The Kier molecular flexibility index (Phi) is 7.04. The van der Waals surface area contributed by atoms with Crippen LogP contribution in [0.25, 0.3) is 0 Å². The average molecular weight is 467 g/mol. The molecule has 1 fully saturated rings. The van der Waals surface area contributed by atoms with E-state index < -0.39 is 34.9 Å². The van der Waals surface area contributed by atoms with Gasteiger partial charge in [0.1, 0.15) is 16.9 Å². The Balaban J connectivity index is 1.93. The van der Waals surface area contributed by atoms with Crippen molar-refractivity contribution in [2.45, 2.75) is 57.9 Å². The third-order valence-electron chi connectivity index (χ3n) is 5.28. The number of amides is 1. The Morgan fingerprint density at radius 1 is 1.18 bits per heavy atom. The quantitative estimate of drug-likeness (QED) is 0.665. The number of carbonyl (C=O) groups excluding carboxylic acids is 1. The summed E-state index contributed by atoms with van der Waals surface area (Å²) in [4.78, 5) is 26.5. The normalized spacial score (nSPS) is 17.1. The van der Waals surface area contributed by atoms with Crippen molar-refractivity contribution in [1.82, 2.24) is 14.7 Å². The fourth-order valence-electron chi connectivity index (χ4n) is 3.69. The molecule has 7 nitrogen and oxygen atoms in total. The Labute approximate surface area is 190 Å². The third-order valence-corrected chi connectivity index (χ3v) is 5.28. The predicted molar refractivity (Wildman–Crippen MR) is 115 cm³/mol. The molecule has 0 aliphatic carbocycles. The zero-order valence-corrected chi connectivity index (χ0v) is 19.1. The van der Waals surface area contributed by atoms with Gasteiger partial charge in [-0.1, -0.05) is 12.1 Å². The van der Waals surface area contributed by atoms with Gasteiger partial charge in [0, 0.05) is 19.0 Å². The maximum Gasteiger partial charge on any atom is 0.421 e. The van der Waals surface area contributed by atoms with E-state index in [-0.39, 0.29) is 18.8 Å². The molecule has 1 aliphatic rings. The molecule has 10 heteroatoms. The molecule has 0 spiro atoms. The number of halogens is 3. The highest BCUT2D eigenvalue weighted by Crippen LogP contribution is 2.31. The van der Waals surface area contributed by atoms with Crippen molar-refractivity contribution < 1.29 is 27.4 Å². The van der Waals surface area contributed by atoms with Crippen molar-refractivity contribution in [2.75, 3.05) is 20.2 Å². The lowest BCUT2D eigenvalue weighted by atomic mass is 9.94. The number of carbonyl (C=O) groups is 1. The van der Waals surface area contributed by atoms with Crippen LogP contribution in [0.1, 0.15) is 56.4 Å². The van der Waals surface area contributed by atoms with Crippen molar-refractivity contribution >= 4 is 6.09 Å². The van der Waals surface area contributed by atoms with Gasteiger partial charge in [-0.25, -0.2) is 9.48 Å². The first-order chi connectivity index (χ1) is 15.4. The minimum atomic E-state index is -4.82. The van der Waals surface area contributed by atoms with E-state index in [4.69, 9.17) is 9.47 Å². The van der Waals surface area contributed by atoms with Gasteiger partial charge >= 0.3 is 12.3 Å². The van der Waals surface area contributed by atoms with E-state index in [1.807, 2.05) is 0 Å². The Morgan fingerprint density at radius 2 is 1.85 bits per heavy atom. The van der Waals surface area contributed by atoms with E-state index in [1.54, 1.807) is 45.0 Å². The van der Waals surface area contributed by atoms with Gasteiger partial charge in [0.15, 0.2) is 0 Å². The fraction of sp³-hybridized carbons (Fsp3) is 0.522. The topological polar surface area (TPSA) is 73.7 Å². The second-order valence-electron chi connectivity index (χ2n) is 9.06. The molecule has 2 heterocycles. The highest BCUT2D eigenvalue weighted by molar-refractivity contribution is 5.68. The maximum atomic E-state index is 13.7. The number of likely N-dealkylation sites (tertiary alicyclic amines) is 1. The zero-order valence-electron chi connectivity index (χ0n) is 19.1. The molecule has 33 heavy (non-hydrogen) atoms. The molecule has 1 amide bonds. The first kappa shape index (κ1) is 24.6. The highest BCUT2D eigenvalue weighted by Gasteiger charge is 2.37. The average Bonchev–Trinajstić information content (AvgIpc) is 2.73. The van der Waals surface area contributed by atoms with Gasteiger partial charge in [0.2, 0.25) is 0 Å². The second-order valence-corrected chi connectivity index (χ2v) is 9.06. The number of aromatic nitrogens is 2. The lowest BCUT2D eigenvalue weighted by Gasteiger charge is -2.34. The summed E-state index contributed by atoms with van der Waals surface area (Å²) < 4.78 is 52.3. The Morgan fingerprint density at radius 3 is 2.42 bits per heavy atom. The van der Waals surface area contributed by atoms with Crippen molar-refractivity contribution in [2.24, 2.45) is 0 Å². The zero-order chi connectivity index (χ0) is 24.4. The molecule has 0 saturated carbocycles. The monoisotopic (exact) mass is 467 g/mol. The molecule has 0 radical (unpaired) electrons. The number of benzene rings is 1. The summed E-state index contributed by atoms with van der Waals surface area (Å²) in [6, 6.07) is 7.47. The second kappa shape index (κ2) is 9.44. The first-order valence-corrected chi connectivity index (χ1v) is 10.7. The van der Waals surface area contributed by atoms with Crippen LogP contribution in [0.2, 0.25) is 0 Å². The van der Waals surface area contributed by atoms with E-state index in [0.29, 0.717) is 30.7 Å². The summed E-state index contributed by atoms with van der Waals surface area (Å²) in [5.74, 6) is 0.142. The summed E-state index contributed by atoms with van der Waals surface area (Å²) in [6.45, 7) is 5.74. The van der Waals surface area contributed by atoms with Gasteiger partial charge in [0.25, 0.3) is 5.56 Å². The number of rotatable bonds is 4. The number of hydrogen-bond acceptors (Lipinski definition) is 5. The van der Waals surface area contributed by atoms with Crippen LogP contribution in [0.15, 0.2) is 35.1 Å². The van der Waals surface area contributed by atoms with Crippen molar-refractivity contribution in [3.8, 4) is 5.75 Å². The molecule has 0 N–H and O–H groups in total. The molecular formula is C23H28F3N3O4. The lowest BCUT2D eigenvalue weighted by molar-refractivity contribution is -0.139. The fourth-order valence-corrected chi connectivity index (χ4v) is 3.69. The molecule has 1 aromatic carbocycles. The van der Waals surface area contributed by atoms with Gasteiger partial charge in [0.05, 0.1) is 19.3 Å². The van der Waals surface area contributed by atoms with Crippen LogP contribution in [-0.2, 0) is 17.5 Å². The number of hydrogen-bond donors (Lipinski definition) is 0. The minimum absolute atomic E-state index is 0.123. The minimum Gasteiger partial charge on any atom is -0.497 e. The predicted octanol–water partition coefficient (Wildman–Crippen LogP) is 4.43. The van der Waals surface area contributed by atoms with E-state index >= 15 is 0 Å². The van der Waals surface area contributed by atoms with Gasteiger partial charge in [-0.2, -0.15) is 18.3 Å². The van der Waals surface area contributed by atoms with Crippen LogP contribution < -0.4 is 10.3 Å². The van der Waals surface area contributed by atoms with Crippen LogP contribution in [-0.4, -0.2) is 46.6 Å². The van der Waals surface area contributed by atoms with Gasteiger partial charge in [-0.15, -0.1) is 0 Å². The Bertz CT molecular complexity index is 1040. The molecule has 1 aromatic heterocycles.